The van der Waals surface area contributed by atoms with Crippen molar-refractivity contribution in [2.24, 2.45) is 0 Å². The first-order chi connectivity index (χ1) is 12.6. The van der Waals surface area contributed by atoms with Gasteiger partial charge in [-0.15, -0.1) is 0 Å². The van der Waals surface area contributed by atoms with E-state index in [9.17, 15) is 9.90 Å². The highest BCUT2D eigenvalue weighted by Crippen LogP contribution is 2.36. The van der Waals surface area contributed by atoms with E-state index in [4.69, 9.17) is 0 Å². The fourth-order valence-corrected chi connectivity index (χ4v) is 4.09. The number of benzene rings is 2. The summed E-state index contributed by atoms with van der Waals surface area (Å²) in [7, 11) is 0. The Hall–Kier alpha value is -2.24. The van der Waals surface area contributed by atoms with E-state index < -0.39 is 12.0 Å². The van der Waals surface area contributed by atoms with E-state index in [-0.39, 0.29) is 6.04 Å². The Balaban J connectivity index is 1.83. The number of pyridine rings is 1. The lowest BCUT2D eigenvalue weighted by molar-refractivity contribution is -0.142. The first-order valence-electron chi connectivity index (χ1n) is 8.72. The number of halogens is 1. The Kier molecular flexibility index (Phi) is 4.74. The molecule has 0 saturated carbocycles. The smallest absolute Gasteiger partial charge is 0.320 e. The topological polar surface area (TPSA) is 53.4 Å². The van der Waals surface area contributed by atoms with Gasteiger partial charge in [0.25, 0.3) is 0 Å². The molecule has 0 spiro atoms. The van der Waals surface area contributed by atoms with Crippen molar-refractivity contribution in [1.82, 2.24) is 9.88 Å². The molecule has 0 radical (unpaired) electrons. The third kappa shape index (κ3) is 3.24. The van der Waals surface area contributed by atoms with Crippen molar-refractivity contribution in [3.05, 3.63) is 76.4 Å². The van der Waals surface area contributed by atoms with Crippen LogP contribution >= 0.6 is 15.9 Å². The standard InChI is InChI=1S/C21H19BrN2O2/c22-17-9-7-14(8-10-17)20(24-11-3-6-19(24)21(25)26)16-12-15-4-1-2-5-18(15)23-13-16/h1-2,4-5,7-10,12-13,19-20H,3,6,11H2,(H,25,26). The molecule has 1 saturated heterocycles. The van der Waals surface area contributed by atoms with Crippen LogP contribution in [0.4, 0.5) is 0 Å². The number of hydrogen-bond donors (Lipinski definition) is 1. The fourth-order valence-electron chi connectivity index (χ4n) is 3.82. The minimum atomic E-state index is -0.752. The average molecular weight is 411 g/mol. The number of carboxylic acids is 1. The van der Waals surface area contributed by atoms with Gasteiger partial charge in [0.05, 0.1) is 11.6 Å². The van der Waals surface area contributed by atoms with Crippen molar-refractivity contribution in [3.63, 3.8) is 0 Å². The third-order valence-corrected chi connectivity index (χ3v) is 5.55. The van der Waals surface area contributed by atoms with E-state index in [1.54, 1.807) is 0 Å². The second-order valence-electron chi connectivity index (χ2n) is 6.65. The Morgan fingerprint density at radius 3 is 2.69 bits per heavy atom. The Bertz CT molecular complexity index is 942. The molecule has 2 unspecified atom stereocenters. The van der Waals surface area contributed by atoms with Gasteiger partial charge in [-0.2, -0.15) is 0 Å². The van der Waals surface area contributed by atoms with Crippen LogP contribution in [-0.2, 0) is 4.79 Å². The Morgan fingerprint density at radius 2 is 1.92 bits per heavy atom. The van der Waals surface area contributed by atoms with Gasteiger partial charge >= 0.3 is 5.97 Å². The summed E-state index contributed by atoms with van der Waals surface area (Å²) in [4.78, 5) is 18.5. The van der Waals surface area contributed by atoms with Crippen LogP contribution in [0.15, 0.2) is 65.3 Å². The van der Waals surface area contributed by atoms with E-state index in [1.165, 1.54) is 0 Å². The highest BCUT2D eigenvalue weighted by Gasteiger charge is 2.37. The maximum atomic E-state index is 11.8. The first kappa shape index (κ1) is 17.2. The molecule has 1 aliphatic heterocycles. The largest absolute Gasteiger partial charge is 0.480 e. The number of likely N-dealkylation sites (tertiary alicyclic amines) is 1. The zero-order chi connectivity index (χ0) is 18.1. The van der Waals surface area contributed by atoms with E-state index in [0.717, 1.165) is 39.5 Å². The third-order valence-electron chi connectivity index (χ3n) is 5.02. The number of carbonyl (C=O) groups is 1. The summed E-state index contributed by atoms with van der Waals surface area (Å²) in [6.45, 7) is 0.768. The molecule has 1 fully saturated rings. The van der Waals surface area contributed by atoms with Gasteiger partial charge in [0, 0.05) is 22.6 Å². The lowest BCUT2D eigenvalue weighted by Crippen LogP contribution is -2.39. The summed E-state index contributed by atoms with van der Waals surface area (Å²) in [5.74, 6) is -0.752. The molecule has 2 atom stereocenters. The highest BCUT2D eigenvalue weighted by atomic mass is 79.9. The van der Waals surface area contributed by atoms with Gasteiger partial charge in [0.2, 0.25) is 0 Å². The van der Waals surface area contributed by atoms with Gasteiger partial charge in [-0.25, -0.2) is 0 Å². The molecule has 2 aromatic carbocycles. The molecule has 4 rings (SSSR count). The quantitative estimate of drug-likeness (QED) is 0.680. The first-order valence-corrected chi connectivity index (χ1v) is 9.51. The molecule has 0 bridgehead atoms. The number of fused-ring (bicyclic) bond motifs is 1. The minimum Gasteiger partial charge on any atom is -0.480 e. The van der Waals surface area contributed by atoms with Crippen molar-refractivity contribution < 1.29 is 9.90 Å². The molecule has 2 heterocycles. The van der Waals surface area contributed by atoms with Crippen molar-refractivity contribution in [1.29, 1.82) is 0 Å². The highest BCUT2D eigenvalue weighted by molar-refractivity contribution is 9.10. The number of aromatic nitrogens is 1. The molecule has 1 N–H and O–H groups in total. The lowest BCUT2D eigenvalue weighted by atomic mass is 9.96. The monoisotopic (exact) mass is 410 g/mol. The fraction of sp³-hybridized carbons (Fsp3) is 0.238. The molecule has 4 nitrogen and oxygen atoms in total. The van der Waals surface area contributed by atoms with Crippen LogP contribution in [-0.4, -0.2) is 33.5 Å². The van der Waals surface area contributed by atoms with E-state index in [1.807, 2.05) is 42.6 Å². The lowest BCUT2D eigenvalue weighted by Gasteiger charge is -2.32. The molecule has 1 aromatic heterocycles. The molecular weight excluding hydrogens is 392 g/mol. The van der Waals surface area contributed by atoms with Gasteiger partial charge in [-0.1, -0.05) is 46.3 Å². The number of carboxylic acid groups (broad SMARTS) is 1. The number of hydrogen-bond acceptors (Lipinski definition) is 3. The van der Waals surface area contributed by atoms with Crippen LogP contribution in [0.1, 0.15) is 30.0 Å². The molecular formula is C21H19BrN2O2. The number of aliphatic carboxylic acids is 1. The second-order valence-corrected chi connectivity index (χ2v) is 7.57. The van der Waals surface area contributed by atoms with Gasteiger partial charge in [0.1, 0.15) is 6.04 Å². The maximum absolute atomic E-state index is 11.8. The van der Waals surface area contributed by atoms with E-state index in [0.29, 0.717) is 6.42 Å². The minimum absolute atomic E-state index is 0.121. The van der Waals surface area contributed by atoms with E-state index >= 15 is 0 Å². The second kappa shape index (κ2) is 7.17. The predicted molar refractivity (Wildman–Crippen MR) is 105 cm³/mol. The van der Waals surface area contributed by atoms with Crippen LogP contribution < -0.4 is 0 Å². The Morgan fingerprint density at radius 1 is 1.15 bits per heavy atom. The predicted octanol–water partition coefficient (Wildman–Crippen LogP) is 4.64. The van der Waals surface area contributed by atoms with Gasteiger partial charge < -0.3 is 5.11 Å². The van der Waals surface area contributed by atoms with Crippen LogP contribution in [0.5, 0.6) is 0 Å². The molecule has 132 valence electrons. The summed E-state index contributed by atoms with van der Waals surface area (Å²) < 4.78 is 1.01. The molecule has 1 aliphatic rings. The van der Waals surface area contributed by atoms with Crippen molar-refractivity contribution in [2.45, 2.75) is 24.9 Å². The zero-order valence-corrected chi connectivity index (χ0v) is 15.8. The van der Waals surface area contributed by atoms with Crippen LogP contribution in [0.2, 0.25) is 0 Å². The Labute approximate surface area is 160 Å². The zero-order valence-electron chi connectivity index (χ0n) is 14.2. The maximum Gasteiger partial charge on any atom is 0.320 e. The van der Waals surface area contributed by atoms with Gasteiger partial charge in [-0.3, -0.25) is 14.7 Å². The molecule has 5 heteroatoms. The van der Waals surface area contributed by atoms with Crippen LogP contribution in [0, 0.1) is 0 Å². The van der Waals surface area contributed by atoms with Crippen molar-refractivity contribution in [3.8, 4) is 0 Å². The van der Waals surface area contributed by atoms with Crippen LogP contribution in [0.3, 0.4) is 0 Å². The molecule has 3 aromatic rings. The van der Waals surface area contributed by atoms with Crippen molar-refractivity contribution >= 4 is 32.8 Å². The van der Waals surface area contributed by atoms with E-state index in [2.05, 4.69) is 44.0 Å². The summed E-state index contributed by atoms with van der Waals surface area (Å²) in [6.07, 6.45) is 3.46. The number of nitrogens with zero attached hydrogens (tertiary/aromatic N) is 2. The molecule has 0 amide bonds. The summed E-state index contributed by atoms with van der Waals surface area (Å²) >= 11 is 3.48. The molecule has 0 aliphatic carbocycles. The summed E-state index contributed by atoms with van der Waals surface area (Å²) in [5, 5.41) is 10.7. The SMILES string of the molecule is O=C(O)C1CCCN1C(c1ccc(Br)cc1)c1cnc2ccccc2c1. The van der Waals surface area contributed by atoms with Crippen molar-refractivity contribution in [2.75, 3.05) is 6.54 Å². The van der Waals surface area contributed by atoms with Crippen LogP contribution in [0.25, 0.3) is 10.9 Å². The van der Waals surface area contributed by atoms with Gasteiger partial charge in [0.15, 0.2) is 0 Å². The number of rotatable bonds is 4. The normalized spacial score (nSPS) is 18.9. The molecule has 26 heavy (non-hydrogen) atoms. The summed E-state index contributed by atoms with van der Waals surface area (Å²) in [5.41, 5.74) is 3.06. The number of para-hydroxylation sites is 1. The summed E-state index contributed by atoms with van der Waals surface area (Å²) in [6, 6.07) is 17.7. The van der Waals surface area contributed by atoms with Gasteiger partial charge in [-0.05, 0) is 48.2 Å². The average Bonchev–Trinajstić information content (AvgIpc) is 3.13.